The maximum absolute atomic E-state index is 11.1. The highest BCUT2D eigenvalue weighted by Gasteiger charge is 2.25. The lowest BCUT2D eigenvalue weighted by Crippen LogP contribution is -2.45. The van der Waals surface area contributed by atoms with Crippen LogP contribution in [0.5, 0.6) is 0 Å². The lowest BCUT2D eigenvalue weighted by Gasteiger charge is -2.38. The van der Waals surface area contributed by atoms with Gasteiger partial charge in [-0.25, -0.2) is 4.98 Å². The zero-order valence-corrected chi connectivity index (χ0v) is 16.7. The summed E-state index contributed by atoms with van der Waals surface area (Å²) in [5, 5.41) is 0. The molecule has 0 atom stereocenters. The van der Waals surface area contributed by atoms with Crippen molar-refractivity contribution in [3.8, 4) is 0 Å². The minimum absolute atomic E-state index is 0. The van der Waals surface area contributed by atoms with Crippen molar-refractivity contribution < 1.29 is 0 Å². The zero-order chi connectivity index (χ0) is 18.8. The van der Waals surface area contributed by atoms with Gasteiger partial charge in [0.25, 0.3) is 0 Å². The largest absolute Gasteiger partial charge is 0.332 e. The first kappa shape index (κ1) is 22.2. The Morgan fingerprint density at radius 3 is 2.23 bits per heavy atom. The van der Waals surface area contributed by atoms with Crippen LogP contribution in [0, 0.1) is 0 Å². The standard InChI is InChI=1S/C10H17N3.C10H15NO.CH4/c1-10(2,3)13-5-4-12-8-11-6-9(12)7-13;1-10(2,3)8-5-6-9(12)11(4)7-8;/h6,8H,4-5,7H2,1-3H3;5-7H,1-4H3;1H4. The molecule has 0 N–H and O–H groups in total. The van der Waals surface area contributed by atoms with Crippen LogP contribution in [0.25, 0.3) is 0 Å². The van der Waals surface area contributed by atoms with Crippen LogP contribution >= 0.6 is 0 Å². The van der Waals surface area contributed by atoms with Gasteiger partial charge in [0.2, 0.25) is 5.56 Å². The fourth-order valence-corrected chi connectivity index (χ4v) is 2.79. The van der Waals surface area contributed by atoms with E-state index in [2.05, 4.69) is 56.0 Å². The van der Waals surface area contributed by atoms with Crippen molar-refractivity contribution in [3.63, 3.8) is 0 Å². The Kier molecular flexibility index (Phi) is 7.00. The van der Waals surface area contributed by atoms with Crippen LogP contribution in [0.1, 0.15) is 60.2 Å². The van der Waals surface area contributed by atoms with E-state index < -0.39 is 0 Å². The van der Waals surface area contributed by atoms with E-state index in [-0.39, 0.29) is 23.9 Å². The van der Waals surface area contributed by atoms with E-state index in [1.165, 1.54) is 11.3 Å². The lowest BCUT2D eigenvalue weighted by atomic mass is 9.88. The van der Waals surface area contributed by atoms with E-state index in [0.29, 0.717) is 0 Å². The van der Waals surface area contributed by atoms with Gasteiger partial charge in [0.1, 0.15) is 0 Å². The van der Waals surface area contributed by atoms with Crippen molar-refractivity contribution in [1.82, 2.24) is 19.0 Å². The molecule has 1 aliphatic heterocycles. The molecular formula is C21H36N4O. The molecule has 5 nitrogen and oxygen atoms in total. The minimum atomic E-state index is 0. The molecule has 0 aliphatic carbocycles. The second-order valence-electron chi connectivity index (χ2n) is 8.79. The van der Waals surface area contributed by atoms with E-state index in [1.54, 1.807) is 17.7 Å². The molecule has 0 amide bonds. The number of aryl methyl sites for hydroxylation is 1. The Balaban J connectivity index is 0.000000251. The van der Waals surface area contributed by atoms with Crippen LogP contribution in [0.3, 0.4) is 0 Å². The normalized spacial score (nSPS) is 14.7. The van der Waals surface area contributed by atoms with Gasteiger partial charge < -0.3 is 9.13 Å². The number of hydrogen-bond donors (Lipinski definition) is 0. The zero-order valence-electron chi connectivity index (χ0n) is 16.7. The average molecular weight is 361 g/mol. The number of nitrogens with zero attached hydrogens (tertiary/aromatic N) is 4. The summed E-state index contributed by atoms with van der Waals surface area (Å²) < 4.78 is 3.85. The molecule has 1 aliphatic rings. The quantitative estimate of drug-likeness (QED) is 0.717. The molecule has 0 spiro atoms. The highest BCUT2D eigenvalue weighted by Crippen LogP contribution is 2.21. The van der Waals surface area contributed by atoms with Gasteiger partial charge >= 0.3 is 0 Å². The molecule has 3 rings (SSSR count). The second-order valence-corrected chi connectivity index (χ2v) is 8.79. The summed E-state index contributed by atoms with van der Waals surface area (Å²) in [6, 6.07) is 3.50. The lowest BCUT2D eigenvalue weighted by molar-refractivity contribution is 0.103. The predicted octanol–water partition coefficient (Wildman–Crippen LogP) is 3.82. The molecule has 0 fully saturated rings. The van der Waals surface area contributed by atoms with Gasteiger partial charge in [0, 0.05) is 50.7 Å². The van der Waals surface area contributed by atoms with Gasteiger partial charge in [0.05, 0.1) is 12.0 Å². The van der Waals surface area contributed by atoms with Crippen LogP contribution in [0.4, 0.5) is 0 Å². The molecule has 2 aromatic rings. The third-order valence-corrected chi connectivity index (χ3v) is 4.66. The molecule has 5 heteroatoms. The smallest absolute Gasteiger partial charge is 0.250 e. The molecule has 0 saturated carbocycles. The minimum Gasteiger partial charge on any atom is -0.332 e. The number of aromatic nitrogens is 3. The Labute approximate surface area is 158 Å². The van der Waals surface area contributed by atoms with Crippen LogP contribution in [0.15, 0.2) is 35.6 Å². The molecule has 0 saturated heterocycles. The summed E-state index contributed by atoms with van der Waals surface area (Å²) in [5.74, 6) is 0. The molecule has 0 unspecified atom stereocenters. The summed E-state index contributed by atoms with van der Waals surface area (Å²) in [6.45, 7) is 16.4. The van der Waals surface area contributed by atoms with Crippen molar-refractivity contribution in [3.05, 3.63) is 52.5 Å². The average Bonchev–Trinajstić information content (AvgIpc) is 2.96. The predicted molar refractivity (Wildman–Crippen MR) is 110 cm³/mol. The maximum atomic E-state index is 11.1. The SMILES string of the molecule is C.CC(C)(C)N1CCn2cncc2C1.Cn1cc(C(C)(C)C)ccc1=O. The van der Waals surface area contributed by atoms with E-state index in [4.69, 9.17) is 0 Å². The fraction of sp³-hybridized carbons (Fsp3) is 0.619. The number of fused-ring (bicyclic) bond motifs is 1. The molecule has 0 radical (unpaired) electrons. The van der Waals surface area contributed by atoms with Crippen molar-refractivity contribution in [2.45, 2.75) is 73.0 Å². The van der Waals surface area contributed by atoms with Crippen LogP contribution in [-0.4, -0.2) is 31.1 Å². The van der Waals surface area contributed by atoms with Gasteiger partial charge in [-0.2, -0.15) is 0 Å². The molecule has 0 aromatic carbocycles. The van der Waals surface area contributed by atoms with Gasteiger partial charge in [-0.05, 0) is 31.7 Å². The van der Waals surface area contributed by atoms with Crippen molar-refractivity contribution in [1.29, 1.82) is 0 Å². The van der Waals surface area contributed by atoms with Crippen LogP contribution in [-0.2, 0) is 25.6 Å². The summed E-state index contributed by atoms with van der Waals surface area (Å²) >= 11 is 0. The van der Waals surface area contributed by atoms with E-state index in [1.807, 2.05) is 24.8 Å². The fourth-order valence-electron chi connectivity index (χ4n) is 2.79. The third kappa shape index (κ3) is 5.56. The second kappa shape index (κ2) is 8.21. The molecule has 3 heterocycles. The van der Waals surface area contributed by atoms with Gasteiger partial charge in [-0.15, -0.1) is 0 Å². The Hall–Kier alpha value is -1.88. The number of rotatable bonds is 0. The molecule has 2 aromatic heterocycles. The first-order valence-electron chi connectivity index (χ1n) is 8.90. The summed E-state index contributed by atoms with van der Waals surface area (Å²) in [4.78, 5) is 17.7. The van der Waals surface area contributed by atoms with E-state index in [0.717, 1.165) is 19.6 Å². The van der Waals surface area contributed by atoms with Crippen molar-refractivity contribution >= 4 is 0 Å². The summed E-state index contributed by atoms with van der Waals surface area (Å²) in [6.07, 6.45) is 5.79. The van der Waals surface area contributed by atoms with E-state index >= 15 is 0 Å². The molecule has 0 bridgehead atoms. The number of pyridine rings is 1. The molecular weight excluding hydrogens is 324 g/mol. The van der Waals surface area contributed by atoms with Crippen LogP contribution < -0.4 is 5.56 Å². The Morgan fingerprint density at radius 1 is 1.04 bits per heavy atom. The topological polar surface area (TPSA) is 43.1 Å². The third-order valence-electron chi connectivity index (χ3n) is 4.66. The first-order valence-corrected chi connectivity index (χ1v) is 8.90. The maximum Gasteiger partial charge on any atom is 0.250 e. The van der Waals surface area contributed by atoms with Crippen molar-refractivity contribution in [2.24, 2.45) is 7.05 Å². The van der Waals surface area contributed by atoms with Gasteiger partial charge in [-0.1, -0.05) is 34.3 Å². The highest BCUT2D eigenvalue weighted by molar-refractivity contribution is 5.18. The summed E-state index contributed by atoms with van der Waals surface area (Å²) in [7, 11) is 1.78. The number of imidazole rings is 1. The monoisotopic (exact) mass is 360 g/mol. The molecule has 146 valence electrons. The highest BCUT2D eigenvalue weighted by atomic mass is 16.1. The van der Waals surface area contributed by atoms with Crippen molar-refractivity contribution in [2.75, 3.05) is 6.54 Å². The Bertz CT molecular complexity index is 759. The van der Waals surface area contributed by atoms with Crippen LogP contribution in [0.2, 0.25) is 0 Å². The number of hydrogen-bond acceptors (Lipinski definition) is 3. The Morgan fingerprint density at radius 2 is 1.69 bits per heavy atom. The first-order chi connectivity index (χ1) is 11.5. The van der Waals surface area contributed by atoms with E-state index in [9.17, 15) is 4.79 Å². The summed E-state index contributed by atoms with van der Waals surface area (Å²) in [5.41, 5.74) is 2.95. The van der Waals surface area contributed by atoms with Gasteiger partial charge in [0.15, 0.2) is 0 Å². The van der Waals surface area contributed by atoms with Gasteiger partial charge in [-0.3, -0.25) is 9.69 Å². The molecule has 26 heavy (non-hydrogen) atoms.